The summed E-state index contributed by atoms with van der Waals surface area (Å²) in [5.41, 5.74) is -3.31. The number of nitrogens with zero attached hydrogens (tertiary/aromatic N) is 2. The van der Waals surface area contributed by atoms with E-state index in [2.05, 4.69) is 5.32 Å². The SMILES string of the molecule is Cn1c(C(F)(F)F)ccc(-c2cccc3c(C[C@H](NC(=O)c4c(F)cc(N5CCOC[C@@H]5C(F)(F)F)cc4F)C(=O)O)cccc23)c1=O. The van der Waals surface area contributed by atoms with Crippen molar-refractivity contribution in [3.05, 3.63) is 99.5 Å². The van der Waals surface area contributed by atoms with Gasteiger partial charge in [-0.15, -0.1) is 0 Å². The number of ether oxygens (including phenoxy) is 1. The first-order valence-electron chi connectivity index (χ1n) is 14.2. The lowest BCUT2D eigenvalue weighted by atomic mass is 9.93. The molecule has 0 bridgehead atoms. The third-order valence-corrected chi connectivity index (χ3v) is 8.02. The number of nitrogens with one attached hydrogen (secondary N) is 1. The highest BCUT2D eigenvalue weighted by molar-refractivity contribution is 6.00. The minimum atomic E-state index is -4.78. The molecule has 0 radical (unpaired) electrons. The number of pyridine rings is 1. The first-order chi connectivity index (χ1) is 22.5. The quantitative estimate of drug-likeness (QED) is 0.243. The van der Waals surface area contributed by atoms with Gasteiger partial charge in [-0.25, -0.2) is 13.6 Å². The molecule has 16 heteroatoms. The highest BCUT2D eigenvalue weighted by atomic mass is 19.4. The third-order valence-electron chi connectivity index (χ3n) is 8.02. The Morgan fingerprint density at radius 3 is 2.23 bits per heavy atom. The van der Waals surface area contributed by atoms with E-state index in [0.29, 0.717) is 37.9 Å². The Bertz CT molecular complexity index is 1930. The number of amides is 1. The number of halogens is 8. The number of carboxylic acids is 1. The summed E-state index contributed by atoms with van der Waals surface area (Å²) in [6.45, 7) is -1.25. The summed E-state index contributed by atoms with van der Waals surface area (Å²) in [5.74, 6) is -6.11. The number of hydrogen-bond donors (Lipinski definition) is 2. The Labute approximate surface area is 266 Å². The second kappa shape index (κ2) is 12.9. The van der Waals surface area contributed by atoms with Crippen molar-refractivity contribution in [2.24, 2.45) is 7.05 Å². The van der Waals surface area contributed by atoms with E-state index in [1.54, 1.807) is 12.1 Å². The van der Waals surface area contributed by atoms with Gasteiger partial charge >= 0.3 is 18.3 Å². The summed E-state index contributed by atoms with van der Waals surface area (Å²) in [4.78, 5) is 38.8. The number of aromatic nitrogens is 1. The zero-order chi connectivity index (χ0) is 35.1. The largest absolute Gasteiger partial charge is 0.480 e. The highest BCUT2D eigenvalue weighted by Crippen LogP contribution is 2.34. The van der Waals surface area contributed by atoms with Crippen molar-refractivity contribution in [1.29, 1.82) is 0 Å². The number of fused-ring (bicyclic) bond motifs is 1. The van der Waals surface area contributed by atoms with E-state index >= 15 is 8.78 Å². The molecule has 0 aliphatic carbocycles. The molecule has 0 unspecified atom stereocenters. The van der Waals surface area contributed by atoms with Crippen molar-refractivity contribution in [3.63, 3.8) is 0 Å². The monoisotopic (exact) mass is 683 g/mol. The summed E-state index contributed by atoms with van der Waals surface area (Å²) >= 11 is 0. The smallest absolute Gasteiger partial charge is 0.431 e. The zero-order valence-electron chi connectivity index (χ0n) is 24.8. The maximum Gasteiger partial charge on any atom is 0.431 e. The Balaban J connectivity index is 1.44. The summed E-state index contributed by atoms with van der Waals surface area (Å²) < 4.78 is 116. The fourth-order valence-electron chi connectivity index (χ4n) is 5.69. The van der Waals surface area contributed by atoms with E-state index in [1.165, 1.54) is 24.3 Å². The Kier molecular flexibility index (Phi) is 9.23. The first-order valence-corrected chi connectivity index (χ1v) is 14.2. The van der Waals surface area contributed by atoms with Gasteiger partial charge in [-0.1, -0.05) is 36.4 Å². The topological polar surface area (TPSA) is 101 Å². The van der Waals surface area contributed by atoms with Gasteiger partial charge in [0.25, 0.3) is 11.5 Å². The molecular formula is C32H25F8N3O5. The van der Waals surface area contributed by atoms with Crippen molar-refractivity contribution in [3.8, 4) is 11.1 Å². The average Bonchev–Trinajstić information content (AvgIpc) is 3.00. The number of rotatable bonds is 7. The molecule has 0 saturated carbocycles. The lowest BCUT2D eigenvalue weighted by Gasteiger charge is -2.38. The summed E-state index contributed by atoms with van der Waals surface area (Å²) in [7, 11) is 0.979. The van der Waals surface area contributed by atoms with Crippen LogP contribution in [0.15, 0.2) is 65.5 Å². The molecule has 2 atom stereocenters. The van der Waals surface area contributed by atoms with Crippen molar-refractivity contribution in [2.45, 2.75) is 30.9 Å². The predicted molar refractivity (Wildman–Crippen MR) is 157 cm³/mol. The van der Waals surface area contributed by atoms with Gasteiger partial charge < -0.3 is 24.6 Å². The average molecular weight is 684 g/mol. The molecule has 254 valence electrons. The van der Waals surface area contributed by atoms with Crippen LogP contribution in [0, 0.1) is 11.6 Å². The summed E-state index contributed by atoms with van der Waals surface area (Å²) in [5, 5.41) is 12.7. The van der Waals surface area contributed by atoms with Gasteiger partial charge in [0.15, 0.2) is 0 Å². The maximum atomic E-state index is 15.1. The van der Waals surface area contributed by atoms with Crippen LogP contribution in [0.3, 0.4) is 0 Å². The number of carbonyl (C=O) groups is 2. The number of carbonyl (C=O) groups excluding carboxylic acids is 1. The molecule has 2 heterocycles. The number of aliphatic carboxylic acids is 1. The van der Waals surface area contributed by atoms with E-state index in [4.69, 9.17) is 4.74 Å². The minimum absolute atomic E-state index is 0.0654. The summed E-state index contributed by atoms with van der Waals surface area (Å²) in [6.07, 6.45) is -10.00. The van der Waals surface area contributed by atoms with Crippen LogP contribution >= 0.6 is 0 Å². The summed E-state index contributed by atoms with van der Waals surface area (Å²) in [6, 6.07) is 8.03. The van der Waals surface area contributed by atoms with Crippen LogP contribution in [-0.4, -0.2) is 59.6 Å². The molecule has 2 N–H and O–H groups in total. The van der Waals surface area contributed by atoms with Crippen LogP contribution in [-0.2, 0) is 29.2 Å². The van der Waals surface area contributed by atoms with Gasteiger partial charge in [0.05, 0.1) is 13.2 Å². The molecule has 5 rings (SSSR count). The van der Waals surface area contributed by atoms with Gasteiger partial charge in [-0.05, 0) is 46.2 Å². The molecule has 4 aromatic rings. The molecule has 8 nitrogen and oxygen atoms in total. The van der Waals surface area contributed by atoms with Crippen molar-refractivity contribution < 1.29 is 54.6 Å². The molecule has 0 spiro atoms. The van der Waals surface area contributed by atoms with Gasteiger partial charge in [-0.2, -0.15) is 26.3 Å². The number of anilines is 1. The third kappa shape index (κ3) is 6.70. The fourth-order valence-corrected chi connectivity index (χ4v) is 5.69. The zero-order valence-corrected chi connectivity index (χ0v) is 24.8. The molecule has 1 aliphatic rings. The van der Waals surface area contributed by atoms with Crippen LogP contribution in [0.25, 0.3) is 21.9 Å². The van der Waals surface area contributed by atoms with Crippen molar-refractivity contribution in [1.82, 2.24) is 9.88 Å². The molecule has 1 aliphatic heterocycles. The van der Waals surface area contributed by atoms with E-state index in [0.717, 1.165) is 19.2 Å². The molecule has 1 aromatic heterocycles. The molecular weight excluding hydrogens is 658 g/mol. The van der Waals surface area contributed by atoms with E-state index in [9.17, 15) is 45.8 Å². The lowest BCUT2D eigenvalue weighted by molar-refractivity contribution is -0.167. The van der Waals surface area contributed by atoms with E-state index < -0.39 is 83.5 Å². The second-order valence-corrected chi connectivity index (χ2v) is 11.0. The molecule has 1 saturated heterocycles. The molecule has 3 aromatic carbocycles. The van der Waals surface area contributed by atoms with Gasteiger partial charge in [0.1, 0.15) is 35.0 Å². The Morgan fingerprint density at radius 1 is 0.958 bits per heavy atom. The Hall–Kier alpha value is -4.99. The van der Waals surface area contributed by atoms with Crippen LogP contribution < -0.4 is 15.8 Å². The van der Waals surface area contributed by atoms with Gasteiger partial charge in [-0.3, -0.25) is 9.59 Å². The van der Waals surface area contributed by atoms with Crippen molar-refractivity contribution in [2.75, 3.05) is 24.7 Å². The van der Waals surface area contributed by atoms with Gasteiger partial charge in [0.2, 0.25) is 0 Å². The Morgan fingerprint density at radius 2 is 1.60 bits per heavy atom. The molecule has 1 fully saturated rings. The number of hydrogen-bond acceptors (Lipinski definition) is 5. The van der Waals surface area contributed by atoms with Gasteiger partial charge in [0, 0.05) is 31.3 Å². The van der Waals surface area contributed by atoms with Crippen LogP contribution in [0.2, 0.25) is 0 Å². The molecule has 48 heavy (non-hydrogen) atoms. The number of alkyl halides is 6. The minimum Gasteiger partial charge on any atom is -0.480 e. The van der Waals surface area contributed by atoms with Crippen LogP contribution in [0.5, 0.6) is 0 Å². The van der Waals surface area contributed by atoms with E-state index in [1.807, 2.05) is 0 Å². The normalized spacial score (nSPS) is 16.2. The fraction of sp³-hybridized carbons (Fsp3) is 0.281. The number of morpholine rings is 1. The maximum absolute atomic E-state index is 15.1. The second-order valence-electron chi connectivity index (χ2n) is 11.0. The number of carboxylic acid groups (broad SMARTS) is 1. The van der Waals surface area contributed by atoms with E-state index in [-0.39, 0.29) is 24.3 Å². The van der Waals surface area contributed by atoms with Crippen LogP contribution in [0.1, 0.15) is 21.6 Å². The van der Waals surface area contributed by atoms with Crippen LogP contribution in [0.4, 0.5) is 40.8 Å². The predicted octanol–water partition coefficient (Wildman–Crippen LogP) is 5.70. The lowest BCUT2D eigenvalue weighted by Crippen LogP contribution is -2.53. The number of benzene rings is 3. The molecule has 1 amide bonds. The standard InChI is InChI=1S/C32H25F8N3O5/c1-42-25(31(35,36)37)9-8-21(29(42)45)20-7-3-5-18-16(4-2-6-19(18)20)12-24(30(46)47)41-28(44)27-22(33)13-17(14-23(27)34)43-10-11-48-15-26(43)32(38,39)40/h2-9,13-14,24,26H,10-12,15H2,1H3,(H,41,44)(H,46,47)/t24-,26+/m0/s1. The van der Waals surface area contributed by atoms with Crippen molar-refractivity contribution >= 4 is 28.3 Å². The highest BCUT2D eigenvalue weighted by Gasteiger charge is 2.46. The first kappa shape index (κ1) is 34.3.